The summed E-state index contributed by atoms with van der Waals surface area (Å²) in [6.07, 6.45) is 5.36. The maximum atomic E-state index is 12.7. The number of rotatable bonds is 3. The number of thiophene rings is 1. The molecule has 1 fully saturated rings. The molecular weight excluding hydrogens is 322 g/mol. The quantitative estimate of drug-likeness (QED) is 0.732. The first kappa shape index (κ1) is 15.5. The van der Waals surface area contributed by atoms with Gasteiger partial charge in [-0.05, 0) is 38.4 Å². The predicted molar refractivity (Wildman–Crippen MR) is 95.4 cm³/mol. The number of hydrogen-bond donors (Lipinski definition) is 0. The number of likely N-dealkylation sites (tertiary alicyclic amines) is 1. The van der Waals surface area contributed by atoms with E-state index < -0.39 is 0 Å². The van der Waals surface area contributed by atoms with Crippen LogP contribution >= 0.6 is 11.3 Å². The third-order valence-electron chi connectivity index (χ3n) is 4.78. The lowest BCUT2D eigenvalue weighted by molar-refractivity contribution is 0.171. The zero-order valence-corrected chi connectivity index (χ0v) is 14.8. The summed E-state index contributed by atoms with van der Waals surface area (Å²) in [6, 6.07) is 4.56. The summed E-state index contributed by atoms with van der Waals surface area (Å²) in [6.45, 7) is 5.08. The maximum Gasteiger partial charge on any atom is 0.330 e. The SMILES string of the molecule is Cc1ccc(CN2CCCC(n3c(=O)n(C)c4cncnc43)C2)s1. The molecule has 3 aromatic heterocycles. The first-order chi connectivity index (χ1) is 11.6. The molecule has 1 unspecified atom stereocenters. The molecule has 4 rings (SSSR count). The fourth-order valence-corrected chi connectivity index (χ4v) is 4.53. The van der Waals surface area contributed by atoms with Crippen molar-refractivity contribution in [3.8, 4) is 0 Å². The van der Waals surface area contributed by atoms with Crippen LogP contribution in [0.2, 0.25) is 0 Å². The molecule has 3 aromatic rings. The average molecular weight is 343 g/mol. The first-order valence-corrected chi connectivity index (χ1v) is 9.10. The lowest BCUT2D eigenvalue weighted by atomic mass is 10.1. The van der Waals surface area contributed by atoms with Crippen molar-refractivity contribution in [3.05, 3.63) is 44.9 Å². The van der Waals surface area contributed by atoms with Crippen molar-refractivity contribution >= 4 is 22.5 Å². The van der Waals surface area contributed by atoms with Crippen LogP contribution in [0.25, 0.3) is 11.2 Å². The zero-order valence-electron chi connectivity index (χ0n) is 14.0. The van der Waals surface area contributed by atoms with Gasteiger partial charge >= 0.3 is 5.69 Å². The van der Waals surface area contributed by atoms with Gasteiger partial charge in [-0.25, -0.2) is 14.8 Å². The Bertz CT molecular complexity index is 925. The molecule has 0 aliphatic carbocycles. The van der Waals surface area contributed by atoms with Crippen molar-refractivity contribution in [1.82, 2.24) is 24.0 Å². The Morgan fingerprint density at radius 2 is 2.25 bits per heavy atom. The van der Waals surface area contributed by atoms with Gasteiger partial charge in [-0.2, -0.15) is 0 Å². The lowest BCUT2D eigenvalue weighted by Crippen LogP contribution is -2.39. The Balaban J connectivity index is 1.63. The normalized spacial score (nSPS) is 19.2. The molecule has 7 heteroatoms. The predicted octanol–water partition coefficient (Wildman–Crippen LogP) is 2.34. The van der Waals surface area contributed by atoms with E-state index in [1.807, 2.05) is 15.9 Å². The van der Waals surface area contributed by atoms with Crippen LogP contribution in [0, 0.1) is 6.92 Å². The van der Waals surface area contributed by atoms with Gasteiger partial charge in [0.05, 0.1) is 12.2 Å². The second-order valence-corrected chi connectivity index (χ2v) is 7.86. The molecule has 1 atom stereocenters. The highest BCUT2D eigenvalue weighted by atomic mass is 32.1. The van der Waals surface area contributed by atoms with E-state index in [2.05, 4.69) is 33.9 Å². The molecule has 0 saturated carbocycles. The van der Waals surface area contributed by atoms with Crippen molar-refractivity contribution in [3.63, 3.8) is 0 Å². The molecule has 0 N–H and O–H groups in total. The second kappa shape index (κ2) is 6.14. The summed E-state index contributed by atoms with van der Waals surface area (Å²) >= 11 is 1.85. The average Bonchev–Trinajstić information content (AvgIpc) is 3.10. The third-order valence-corrected chi connectivity index (χ3v) is 5.76. The summed E-state index contributed by atoms with van der Waals surface area (Å²) in [5.41, 5.74) is 1.55. The van der Waals surface area contributed by atoms with Crippen LogP contribution in [0.5, 0.6) is 0 Å². The van der Waals surface area contributed by atoms with Crippen molar-refractivity contribution in [2.24, 2.45) is 7.05 Å². The van der Waals surface area contributed by atoms with Gasteiger partial charge in [0.15, 0.2) is 5.65 Å². The largest absolute Gasteiger partial charge is 0.330 e. The minimum Gasteiger partial charge on any atom is -0.296 e. The van der Waals surface area contributed by atoms with E-state index in [9.17, 15) is 4.79 Å². The van der Waals surface area contributed by atoms with E-state index in [0.29, 0.717) is 0 Å². The minimum absolute atomic E-state index is 0.00400. The van der Waals surface area contributed by atoms with Crippen LogP contribution in [0.4, 0.5) is 0 Å². The molecule has 126 valence electrons. The first-order valence-electron chi connectivity index (χ1n) is 8.28. The number of aryl methyl sites for hydroxylation is 2. The molecule has 24 heavy (non-hydrogen) atoms. The van der Waals surface area contributed by atoms with Crippen LogP contribution in [0.15, 0.2) is 29.5 Å². The smallest absolute Gasteiger partial charge is 0.296 e. The monoisotopic (exact) mass is 343 g/mol. The zero-order chi connectivity index (χ0) is 16.7. The summed E-state index contributed by atoms with van der Waals surface area (Å²) in [5.74, 6) is 0. The molecule has 0 spiro atoms. The van der Waals surface area contributed by atoms with Crippen molar-refractivity contribution in [2.45, 2.75) is 32.4 Å². The fraction of sp³-hybridized carbons (Fsp3) is 0.471. The third kappa shape index (κ3) is 2.67. The maximum absolute atomic E-state index is 12.7. The van der Waals surface area contributed by atoms with Crippen molar-refractivity contribution in [1.29, 1.82) is 0 Å². The van der Waals surface area contributed by atoms with Gasteiger partial charge < -0.3 is 0 Å². The molecule has 1 aliphatic rings. The van der Waals surface area contributed by atoms with Gasteiger partial charge in [-0.1, -0.05) is 0 Å². The Labute approximate surface area is 144 Å². The molecule has 1 saturated heterocycles. The Morgan fingerprint density at radius 3 is 3.04 bits per heavy atom. The van der Waals surface area contributed by atoms with Crippen LogP contribution < -0.4 is 5.69 Å². The van der Waals surface area contributed by atoms with Crippen LogP contribution in [-0.2, 0) is 13.6 Å². The standard InChI is InChI=1S/C17H21N5OS/c1-12-5-6-14(24-12)10-21-7-3-4-13(9-21)22-16-15(8-18-11-19-16)20(2)17(22)23/h5-6,8,11,13H,3-4,7,9-10H2,1-2H3. The number of nitrogens with zero attached hydrogens (tertiary/aromatic N) is 5. The van der Waals surface area contributed by atoms with E-state index in [1.165, 1.54) is 16.1 Å². The van der Waals surface area contributed by atoms with Crippen LogP contribution in [0.1, 0.15) is 28.6 Å². The highest BCUT2D eigenvalue weighted by Crippen LogP contribution is 2.26. The summed E-state index contributed by atoms with van der Waals surface area (Å²) < 4.78 is 3.51. The highest BCUT2D eigenvalue weighted by Gasteiger charge is 2.26. The van der Waals surface area contributed by atoms with Gasteiger partial charge in [0, 0.05) is 29.9 Å². The second-order valence-electron chi connectivity index (χ2n) is 6.49. The lowest BCUT2D eigenvalue weighted by Gasteiger charge is -2.32. The molecule has 0 aromatic carbocycles. The Morgan fingerprint density at radius 1 is 1.38 bits per heavy atom. The van der Waals surface area contributed by atoms with E-state index in [0.717, 1.165) is 43.6 Å². The molecule has 0 radical (unpaired) electrons. The number of aromatic nitrogens is 4. The molecule has 6 nitrogen and oxygen atoms in total. The fourth-order valence-electron chi connectivity index (χ4n) is 3.60. The Kier molecular flexibility index (Phi) is 3.97. The molecule has 0 amide bonds. The van der Waals surface area contributed by atoms with E-state index in [-0.39, 0.29) is 11.7 Å². The molecule has 0 bridgehead atoms. The summed E-state index contributed by atoms with van der Waals surface area (Å²) in [7, 11) is 1.79. The number of hydrogen-bond acceptors (Lipinski definition) is 5. The number of imidazole rings is 1. The van der Waals surface area contributed by atoms with Crippen molar-refractivity contribution in [2.75, 3.05) is 13.1 Å². The molecule has 4 heterocycles. The van der Waals surface area contributed by atoms with E-state index in [4.69, 9.17) is 0 Å². The van der Waals surface area contributed by atoms with Gasteiger partial charge in [-0.15, -0.1) is 11.3 Å². The van der Waals surface area contributed by atoms with Crippen LogP contribution in [0.3, 0.4) is 0 Å². The van der Waals surface area contributed by atoms with Gasteiger partial charge in [-0.3, -0.25) is 14.0 Å². The number of piperidine rings is 1. The Hall–Kier alpha value is -1.99. The topological polar surface area (TPSA) is 56.0 Å². The molecule has 1 aliphatic heterocycles. The minimum atomic E-state index is 0.00400. The summed E-state index contributed by atoms with van der Waals surface area (Å²) in [5, 5.41) is 0. The summed E-state index contributed by atoms with van der Waals surface area (Å²) in [4.78, 5) is 26.3. The van der Waals surface area contributed by atoms with Crippen LogP contribution in [-0.4, -0.2) is 37.1 Å². The van der Waals surface area contributed by atoms with Crippen molar-refractivity contribution < 1.29 is 0 Å². The van der Waals surface area contributed by atoms with Gasteiger partial charge in [0.1, 0.15) is 11.8 Å². The van der Waals surface area contributed by atoms with Gasteiger partial charge in [0.25, 0.3) is 0 Å². The molecular formula is C17H21N5OS. The van der Waals surface area contributed by atoms with E-state index >= 15 is 0 Å². The number of fused-ring (bicyclic) bond motifs is 1. The van der Waals surface area contributed by atoms with E-state index in [1.54, 1.807) is 17.8 Å². The highest BCUT2D eigenvalue weighted by molar-refractivity contribution is 7.11. The van der Waals surface area contributed by atoms with Gasteiger partial charge in [0.2, 0.25) is 0 Å².